The second-order valence-corrected chi connectivity index (χ2v) is 5.46. The van der Waals surface area contributed by atoms with Crippen LogP contribution in [0.2, 0.25) is 0 Å². The molecule has 0 aliphatic rings. The second kappa shape index (κ2) is 8.05. The highest BCUT2D eigenvalue weighted by Crippen LogP contribution is 2.23. The normalized spacial score (nSPS) is 13.7. The molecule has 120 valence electrons. The molecular formula is C13H15BrF5NO. The van der Waals surface area contributed by atoms with E-state index in [1.165, 1.54) is 12.1 Å². The van der Waals surface area contributed by atoms with Crippen LogP contribution in [0.4, 0.5) is 22.0 Å². The molecule has 0 aliphatic heterocycles. The third kappa shape index (κ3) is 6.27. The number of hydrogen-bond donors (Lipinski definition) is 1. The first-order valence-corrected chi connectivity index (χ1v) is 6.90. The van der Waals surface area contributed by atoms with Gasteiger partial charge in [-0.25, -0.2) is 13.2 Å². The number of nitrogens with one attached hydrogen (secondary N) is 1. The molecule has 0 radical (unpaired) electrons. The van der Waals surface area contributed by atoms with Gasteiger partial charge in [0.05, 0.1) is 6.61 Å². The summed E-state index contributed by atoms with van der Waals surface area (Å²) in [6.07, 6.45) is -3.45. The number of hydrogen-bond acceptors (Lipinski definition) is 2. The van der Waals surface area contributed by atoms with Crippen LogP contribution in [-0.4, -0.2) is 38.7 Å². The molecule has 0 spiro atoms. The van der Waals surface area contributed by atoms with Gasteiger partial charge in [0.25, 0.3) is 0 Å². The number of alkyl halides is 4. The van der Waals surface area contributed by atoms with Crippen LogP contribution in [-0.2, 0) is 11.2 Å². The molecule has 0 aromatic heterocycles. The minimum Gasteiger partial charge on any atom is -0.373 e. The van der Waals surface area contributed by atoms with Gasteiger partial charge < -0.3 is 10.1 Å². The van der Waals surface area contributed by atoms with Gasteiger partial charge in [-0.1, -0.05) is 15.9 Å². The van der Waals surface area contributed by atoms with E-state index in [2.05, 4.69) is 26.0 Å². The average Bonchev–Trinajstić information content (AvgIpc) is 2.35. The van der Waals surface area contributed by atoms with Crippen molar-refractivity contribution in [2.24, 2.45) is 0 Å². The Labute approximate surface area is 127 Å². The van der Waals surface area contributed by atoms with Crippen LogP contribution < -0.4 is 5.32 Å². The first-order valence-electron chi connectivity index (χ1n) is 6.10. The van der Waals surface area contributed by atoms with Crippen molar-refractivity contribution in [1.29, 1.82) is 0 Å². The van der Waals surface area contributed by atoms with E-state index in [1.54, 1.807) is 13.1 Å². The van der Waals surface area contributed by atoms with Crippen molar-refractivity contribution in [3.05, 3.63) is 34.1 Å². The Balaban J connectivity index is 2.52. The van der Waals surface area contributed by atoms with Crippen LogP contribution in [0.5, 0.6) is 0 Å². The molecule has 0 heterocycles. The fraction of sp³-hybridized carbons (Fsp3) is 0.538. The van der Waals surface area contributed by atoms with E-state index in [4.69, 9.17) is 0 Å². The topological polar surface area (TPSA) is 21.3 Å². The molecule has 1 unspecified atom stereocenters. The lowest BCUT2D eigenvalue weighted by molar-refractivity contribution is -0.166. The lowest BCUT2D eigenvalue weighted by Crippen LogP contribution is -2.37. The Morgan fingerprint density at radius 3 is 2.48 bits per heavy atom. The maximum absolute atomic E-state index is 13.2. The summed E-state index contributed by atoms with van der Waals surface area (Å²) in [5, 5.41) is 2.81. The molecule has 1 atom stereocenters. The van der Waals surface area contributed by atoms with E-state index < -0.39 is 30.8 Å². The van der Waals surface area contributed by atoms with E-state index in [-0.39, 0.29) is 6.61 Å². The predicted octanol–water partition coefficient (Wildman–Crippen LogP) is 3.64. The Hall–Kier alpha value is -0.730. The standard InChI is InChI=1S/C13H15BrF5NO/c1-20-11(6-21-7-13(18,19)12(16)17)4-8-2-9(14)5-10(15)3-8/h2-3,5,11-12,20H,4,6-7H2,1H3. The van der Waals surface area contributed by atoms with E-state index >= 15 is 0 Å². The first-order chi connectivity index (χ1) is 9.74. The van der Waals surface area contributed by atoms with Crippen LogP contribution in [0.3, 0.4) is 0 Å². The number of ether oxygens (including phenoxy) is 1. The van der Waals surface area contributed by atoms with Crippen LogP contribution in [0.25, 0.3) is 0 Å². The van der Waals surface area contributed by atoms with Crippen molar-refractivity contribution in [3.8, 4) is 0 Å². The summed E-state index contributed by atoms with van der Waals surface area (Å²) in [4.78, 5) is 0. The highest BCUT2D eigenvalue weighted by atomic mass is 79.9. The fourth-order valence-electron chi connectivity index (χ4n) is 1.66. The SMILES string of the molecule is CNC(COCC(F)(F)C(F)F)Cc1cc(F)cc(Br)c1. The molecule has 0 saturated carbocycles. The maximum atomic E-state index is 13.2. The second-order valence-electron chi connectivity index (χ2n) is 4.54. The molecule has 21 heavy (non-hydrogen) atoms. The van der Waals surface area contributed by atoms with Gasteiger partial charge in [-0.15, -0.1) is 0 Å². The smallest absolute Gasteiger partial charge is 0.330 e. The summed E-state index contributed by atoms with van der Waals surface area (Å²) in [5.41, 5.74) is 0.630. The summed E-state index contributed by atoms with van der Waals surface area (Å²) in [6, 6.07) is 3.88. The Morgan fingerprint density at radius 1 is 1.29 bits per heavy atom. The van der Waals surface area contributed by atoms with Gasteiger partial charge in [0.1, 0.15) is 12.4 Å². The molecule has 0 amide bonds. The summed E-state index contributed by atoms with van der Waals surface area (Å²) in [5.74, 6) is -4.60. The highest BCUT2D eigenvalue weighted by Gasteiger charge is 2.41. The van der Waals surface area contributed by atoms with Gasteiger partial charge in [-0.05, 0) is 37.2 Å². The van der Waals surface area contributed by atoms with Crippen molar-refractivity contribution in [1.82, 2.24) is 5.32 Å². The molecule has 2 nitrogen and oxygen atoms in total. The van der Waals surface area contributed by atoms with Gasteiger partial charge in [-0.2, -0.15) is 8.78 Å². The van der Waals surface area contributed by atoms with E-state index in [0.29, 0.717) is 16.5 Å². The fourth-order valence-corrected chi connectivity index (χ4v) is 2.17. The van der Waals surface area contributed by atoms with Crippen molar-refractivity contribution in [3.63, 3.8) is 0 Å². The summed E-state index contributed by atoms with van der Waals surface area (Å²) < 4.78 is 67.7. The highest BCUT2D eigenvalue weighted by molar-refractivity contribution is 9.10. The molecular weight excluding hydrogens is 361 g/mol. The molecule has 1 aromatic carbocycles. The third-order valence-electron chi connectivity index (χ3n) is 2.75. The average molecular weight is 376 g/mol. The molecule has 1 rings (SSSR count). The maximum Gasteiger partial charge on any atom is 0.330 e. The molecule has 0 fully saturated rings. The molecule has 1 aromatic rings. The predicted molar refractivity (Wildman–Crippen MR) is 72.4 cm³/mol. The van der Waals surface area contributed by atoms with E-state index in [9.17, 15) is 22.0 Å². The molecule has 8 heteroatoms. The van der Waals surface area contributed by atoms with Gasteiger partial charge in [0, 0.05) is 10.5 Å². The minimum absolute atomic E-state index is 0.188. The first kappa shape index (κ1) is 18.3. The zero-order valence-corrected chi connectivity index (χ0v) is 12.8. The minimum atomic E-state index is -4.17. The summed E-state index contributed by atoms with van der Waals surface area (Å²) in [7, 11) is 1.58. The third-order valence-corrected chi connectivity index (χ3v) is 3.20. The van der Waals surface area contributed by atoms with Crippen molar-refractivity contribution >= 4 is 15.9 Å². The zero-order valence-electron chi connectivity index (χ0n) is 11.2. The van der Waals surface area contributed by atoms with Crippen LogP contribution in [0, 0.1) is 5.82 Å². The Kier molecular flexibility index (Phi) is 7.02. The molecule has 0 bridgehead atoms. The number of rotatable bonds is 8. The Bertz CT molecular complexity index is 438. The van der Waals surface area contributed by atoms with Crippen molar-refractivity contribution < 1.29 is 26.7 Å². The largest absolute Gasteiger partial charge is 0.373 e. The molecule has 1 N–H and O–H groups in total. The van der Waals surface area contributed by atoms with Gasteiger partial charge in [-0.3, -0.25) is 0 Å². The number of halogens is 6. The quantitative estimate of drug-likeness (QED) is 0.700. The summed E-state index contributed by atoms with van der Waals surface area (Å²) >= 11 is 3.15. The number of benzene rings is 1. The van der Waals surface area contributed by atoms with E-state index in [1.807, 2.05) is 0 Å². The zero-order chi connectivity index (χ0) is 16.0. The van der Waals surface area contributed by atoms with Gasteiger partial charge in [0.2, 0.25) is 0 Å². The Morgan fingerprint density at radius 2 is 1.95 bits per heavy atom. The summed E-state index contributed by atoms with van der Waals surface area (Å²) in [6.45, 7) is -1.54. The van der Waals surface area contributed by atoms with Crippen LogP contribution in [0.1, 0.15) is 5.56 Å². The molecule has 0 aliphatic carbocycles. The molecule has 0 saturated heterocycles. The lowest BCUT2D eigenvalue weighted by Gasteiger charge is -2.20. The van der Waals surface area contributed by atoms with Crippen LogP contribution in [0.15, 0.2) is 22.7 Å². The van der Waals surface area contributed by atoms with E-state index in [0.717, 1.165) is 0 Å². The van der Waals surface area contributed by atoms with Crippen LogP contribution >= 0.6 is 15.9 Å². The lowest BCUT2D eigenvalue weighted by atomic mass is 10.1. The van der Waals surface area contributed by atoms with Gasteiger partial charge >= 0.3 is 12.3 Å². The van der Waals surface area contributed by atoms with Crippen molar-refractivity contribution in [2.75, 3.05) is 20.3 Å². The monoisotopic (exact) mass is 375 g/mol. The number of likely N-dealkylation sites (N-methyl/N-ethyl adjacent to an activating group) is 1. The van der Waals surface area contributed by atoms with Crippen molar-refractivity contribution in [2.45, 2.75) is 24.8 Å². The van der Waals surface area contributed by atoms with Gasteiger partial charge in [0.15, 0.2) is 0 Å².